The van der Waals surface area contributed by atoms with E-state index in [1.165, 1.54) is 6.07 Å². The smallest absolute Gasteiger partial charge is 0.256 e. The largest absolute Gasteiger partial charge is 0.399 e. The van der Waals surface area contributed by atoms with Crippen LogP contribution in [0.4, 0.5) is 15.8 Å². The molecule has 0 unspecified atom stereocenters. The molecule has 0 spiro atoms. The molecule has 1 amide bonds. The molecule has 0 aliphatic rings. The number of anilines is 2. The summed E-state index contributed by atoms with van der Waals surface area (Å²) < 4.78 is 14.1. The number of amides is 1. The second-order valence-electron chi connectivity index (χ2n) is 4.13. The van der Waals surface area contributed by atoms with E-state index in [0.717, 1.165) is 5.56 Å². The number of nitrogens with one attached hydrogen (secondary N) is 1. The van der Waals surface area contributed by atoms with E-state index < -0.39 is 11.7 Å². The molecule has 0 heterocycles. The van der Waals surface area contributed by atoms with Crippen LogP contribution < -0.4 is 11.1 Å². The van der Waals surface area contributed by atoms with E-state index in [0.29, 0.717) is 15.7 Å². The van der Waals surface area contributed by atoms with Gasteiger partial charge in [-0.2, -0.15) is 0 Å². The van der Waals surface area contributed by atoms with E-state index >= 15 is 0 Å². The number of rotatable bonds is 2. The van der Waals surface area contributed by atoms with Crippen molar-refractivity contribution in [3.8, 4) is 0 Å². The molecule has 0 saturated carbocycles. The number of carbonyl (C=O) groups excluding carboxylic acids is 1. The second kappa shape index (κ2) is 5.40. The number of carbonyl (C=O) groups is 1. The molecule has 0 aliphatic carbocycles. The van der Waals surface area contributed by atoms with Gasteiger partial charge >= 0.3 is 0 Å². The molecule has 0 aliphatic heterocycles. The van der Waals surface area contributed by atoms with E-state index in [1.54, 1.807) is 37.3 Å². The first-order valence-electron chi connectivity index (χ1n) is 5.60. The van der Waals surface area contributed by atoms with Crippen LogP contribution in [0.1, 0.15) is 15.9 Å². The Morgan fingerprint density at radius 3 is 2.74 bits per heavy atom. The van der Waals surface area contributed by atoms with Crippen LogP contribution in [-0.2, 0) is 0 Å². The number of para-hydroxylation sites is 1. The van der Waals surface area contributed by atoms with Crippen molar-refractivity contribution in [1.82, 2.24) is 0 Å². The monoisotopic (exact) mass is 322 g/mol. The van der Waals surface area contributed by atoms with Crippen LogP contribution in [0.3, 0.4) is 0 Å². The summed E-state index contributed by atoms with van der Waals surface area (Å²) in [5.74, 6) is -0.889. The van der Waals surface area contributed by atoms with E-state index in [4.69, 9.17) is 5.73 Å². The van der Waals surface area contributed by atoms with Crippen molar-refractivity contribution in [2.45, 2.75) is 6.92 Å². The van der Waals surface area contributed by atoms with Gasteiger partial charge < -0.3 is 11.1 Å². The third kappa shape index (κ3) is 2.93. The predicted octanol–water partition coefficient (Wildman–Crippen LogP) is 3.73. The van der Waals surface area contributed by atoms with Crippen molar-refractivity contribution < 1.29 is 9.18 Å². The second-order valence-corrected chi connectivity index (χ2v) is 4.98. The first-order valence-corrected chi connectivity index (χ1v) is 6.40. The first kappa shape index (κ1) is 13.5. The lowest BCUT2D eigenvalue weighted by molar-refractivity contribution is 0.102. The first-order chi connectivity index (χ1) is 8.99. The number of nitrogens with two attached hydrogens (primary N) is 1. The van der Waals surface area contributed by atoms with Gasteiger partial charge in [-0.3, -0.25) is 4.79 Å². The van der Waals surface area contributed by atoms with Crippen molar-refractivity contribution in [3.05, 3.63) is 57.8 Å². The number of nitrogen functional groups attached to an aromatic ring is 1. The van der Waals surface area contributed by atoms with Crippen molar-refractivity contribution in [1.29, 1.82) is 0 Å². The zero-order valence-electron chi connectivity index (χ0n) is 10.2. The molecular weight excluding hydrogens is 311 g/mol. The number of aryl methyl sites for hydroxylation is 1. The maximum atomic E-state index is 13.6. The fraction of sp³-hybridized carbons (Fsp3) is 0.0714. The lowest BCUT2D eigenvalue weighted by Crippen LogP contribution is -2.15. The van der Waals surface area contributed by atoms with Crippen LogP contribution >= 0.6 is 15.9 Å². The Balaban J connectivity index is 2.34. The molecule has 0 aromatic heterocycles. The fourth-order valence-electron chi connectivity index (χ4n) is 1.68. The standard InChI is InChI=1S/C14H12BrFN2O/c1-8-5-6-9(17)7-10(8)14(19)18-13-11(15)3-2-4-12(13)16/h2-7H,17H2,1H3,(H,18,19). The van der Waals surface area contributed by atoms with Crippen molar-refractivity contribution in [2.24, 2.45) is 0 Å². The molecule has 0 radical (unpaired) electrons. The van der Waals surface area contributed by atoms with Gasteiger partial charge in [0.15, 0.2) is 0 Å². The summed E-state index contributed by atoms with van der Waals surface area (Å²) in [6.07, 6.45) is 0. The molecule has 0 fully saturated rings. The van der Waals surface area contributed by atoms with E-state index in [-0.39, 0.29) is 5.69 Å². The Labute approximate surface area is 118 Å². The van der Waals surface area contributed by atoms with Crippen molar-refractivity contribution in [3.63, 3.8) is 0 Å². The lowest BCUT2D eigenvalue weighted by Gasteiger charge is -2.10. The Bertz CT molecular complexity index is 623. The van der Waals surface area contributed by atoms with Gasteiger partial charge in [-0.15, -0.1) is 0 Å². The van der Waals surface area contributed by atoms with Crippen molar-refractivity contribution >= 4 is 33.2 Å². The van der Waals surface area contributed by atoms with Crippen LogP contribution in [0, 0.1) is 12.7 Å². The number of benzene rings is 2. The topological polar surface area (TPSA) is 55.1 Å². The highest BCUT2D eigenvalue weighted by Gasteiger charge is 2.14. The molecule has 3 nitrogen and oxygen atoms in total. The van der Waals surface area contributed by atoms with Crippen LogP contribution in [0.2, 0.25) is 0 Å². The van der Waals surface area contributed by atoms with Gasteiger partial charge in [0.25, 0.3) is 5.91 Å². The predicted molar refractivity (Wildman–Crippen MR) is 77.6 cm³/mol. The Kier molecular flexibility index (Phi) is 3.85. The average molecular weight is 323 g/mol. The zero-order valence-corrected chi connectivity index (χ0v) is 11.8. The molecule has 19 heavy (non-hydrogen) atoms. The maximum absolute atomic E-state index is 13.6. The summed E-state index contributed by atoms with van der Waals surface area (Å²) in [4.78, 5) is 12.1. The molecule has 2 rings (SSSR count). The third-order valence-corrected chi connectivity index (χ3v) is 3.37. The highest BCUT2D eigenvalue weighted by molar-refractivity contribution is 9.10. The summed E-state index contributed by atoms with van der Waals surface area (Å²) in [7, 11) is 0. The van der Waals surface area contributed by atoms with Gasteiger partial charge in [0, 0.05) is 15.7 Å². The zero-order chi connectivity index (χ0) is 14.0. The highest BCUT2D eigenvalue weighted by Crippen LogP contribution is 2.26. The van der Waals surface area contributed by atoms with Gasteiger partial charge in [-0.25, -0.2) is 4.39 Å². The van der Waals surface area contributed by atoms with Gasteiger partial charge in [-0.05, 0) is 52.7 Å². The van der Waals surface area contributed by atoms with Crippen molar-refractivity contribution in [2.75, 3.05) is 11.1 Å². The van der Waals surface area contributed by atoms with Crippen LogP contribution in [0.15, 0.2) is 40.9 Å². The minimum Gasteiger partial charge on any atom is -0.399 e. The number of hydrogen-bond acceptors (Lipinski definition) is 2. The van der Waals surface area contributed by atoms with Crippen LogP contribution in [0.5, 0.6) is 0 Å². The minimum absolute atomic E-state index is 0.120. The molecular formula is C14H12BrFN2O. The summed E-state index contributed by atoms with van der Waals surface area (Å²) in [6, 6.07) is 9.53. The number of halogens is 2. The normalized spacial score (nSPS) is 10.3. The van der Waals surface area contributed by atoms with Gasteiger partial charge in [0.1, 0.15) is 5.82 Å². The summed E-state index contributed by atoms with van der Waals surface area (Å²) in [5.41, 5.74) is 7.47. The molecule has 2 aromatic rings. The van der Waals surface area contributed by atoms with Crippen LogP contribution in [-0.4, -0.2) is 5.91 Å². The maximum Gasteiger partial charge on any atom is 0.256 e. The molecule has 0 saturated heterocycles. The minimum atomic E-state index is -0.496. The molecule has 0 atom stereocenters. The highest BCUT2D eigenvalue weighted by atomic mass is 79.9. The Hall–Kier alpha value is -1.88. The summed E-state index contributed by atoms with van der Waals surface area (Å²) in [5, 5.41) is 2.55. The lowest BCUT2D eigenvalue weighted by atomic mass is 10.1. The average Bonchev–Trinajstić information content (AvgIpc) is 2.37. The molecule has 98 valence electrons. The molecule has 2 aromatic carbocycles. The van der Waals surface area contributed by atoms with E-state index in [2.05, 4.69) is 21.2 Å². The quantitative estimate of drug-likeness (QED) is 0.828. The molecule has 3 N–H and O–H groups in total. The SMILES string of the molecule is Cc1ccc(N)cc1C(=O)Nc1c(F)cccc1Br. The number of hydrogen-bond donors (Lipinski definition) is 2. The fourth-order valence-corrected chi connectivity index (χ4v) is 2.12. The van der Waals surface area contributed by atoms with E-state index in [1.807, 2.05) is 0 Å². The van der Waals surface area contributed by atoms with E-state index in [9.17, 15) is 9.18 Å². The molecule has 5 heteroatoms. The van der Waals surface area contributed by atoms with Gasteiger partial charge in [0.05, 0.1) is 5.69 Å². The summed E-state index contributed by atoms with van der Waals surface area (Å²) >= 11 is 3.20. The third-order valence-electron chi connectivity index (χ3n) is 2.71. The Morgan fingerprint density at radius 2 is 2.05 bits per heavy atom. The van der Waals surface area contributed by atoms with Gasteiger partial charge in [-0.1, -0.05) is 12.1 Å². The Morgan fingerprint density at radius 1 is 1.32 bits per heavy atom. The molecule has 0 bridgehead atoms. The van der Waals surface area contributed by atoms with Gasteiger partial charge in [0.2, 0.25) is 0 Å². The summed E-state index contributed by atoms with van der Waals surface area (Å²) in [6.45, 7) is 1.80. The van der Waals surface area contributed by atoms with Crippen LogP contribution in [0.25, 0.3) is 0 Å².